The van der Waals surface area contributed by atoms with Crippen molar-refractivity contribution in [2.75, 3.05) is 24.7 Å². The molecule has 0 N–H and O–H groups in total. The van der Waals surface area contributed by atoms with Crippen LogP contribution in [0.25, 0.3) is 22.6 Å². The van der Waals surface area contributed by atoms with E-state index >= 15 is 0 Å². The minimum atomic E-state index is 0.791. The van der Waals surface area contributed by atoms with E-state index in [2.05, 4.69) is 55.4 Å². The molecular formula is C20H19N3S. The first kappa shape index (κ1) is 15.2. The molecule has 1 aromatic heterocycles. The molecule has 0 amide bonds. The number of nitrogens with zero attached hydrogens (tertiary/aromatic N) is 3. The van der Waals surface area contributed by atoms with Crippen LogP contribution in [0.3, 0.4) is 0 Å². The monoisotopic (exact) mass is 333 g/mol. The summed E-state index contributed by atoms with van der Waals surface area (Å²) in [7, 11) is 4.11. The third kappa shape index (κ3) is 2.67. The van der Waals surface area contributed by atoms with Crippen molar-refractivity contribution in [1.82, 2.24) is 9.97 Å². The number of fused-ring (bicyclic) bond motifs is 3. The molecule has 1 aliphatic heterocycles. The molecule has 0 saturated heterocycles. The fourth-order valence-corrected chi connectivity index (χ4v) is 4.08. The molecule has 0 atom stereocenters. The maximum absolute atomic E-state index is 4.98. The molecule has 0 fully saturated rings. The summed E-state index contributed by atoms with van der Waals surface area (Å²) in [4.78, 5) is 13.3. The van der Waals surface area contributed by atoms with E-state index in [-0.39, 0.29) is 0 Å². The summed E-state index contributed by atoms with van der Waals surface area (Å²) in [5.41, 5.74) is 4.60. The third-order valence-corrected chi connectivity index (χ3v) is 5.27. The van der Waals surface area contributed by atoms with Crippen molar-refractivity contribution in [3.63, 3.8) is 0 Å². The molecule has 0 aliphatic carbocycles. The molecule has 0 spiro atoms. The molecule has 0 unspecified atom stereocenters. The van der Waals surface area contributed by atoms with Crippen LogP contribution in [0.5, 0.6) is 0 Å². The predicted molar refractivity (Wildman–Crippen MR) is 102 cm³/mol. The lowest BCUT2D eigenvalue weighted by atomic mass is 10.0. The second-order valence-electron chi connectivity index (χ2n) is 6.05. The summed E-state index contributed by atoms with van der Waals surface area (Å²) in [5.74, 6) is 2.87. The van der Waals surface area contributed by atoms with E-state index in [1.165, 1.54) is 16.0 Å². The summed E-state index contributed by atoms with van der Waals surface area (Å²) in [6.45, 7) is 0. The van der Waals surface area contributed by atoms with Gasteiger partial charge in [-0.15, -0.1) is 11.8 Å². The fraction of sp³-hybridized carbons (Fsp3) is 0.200. The number of benzene rings is 2. The SMILES string of the molecule is CN(C)c1nc(-c2ccccc2)nc2c1CCSc1ccccc1-2. The molecule has 0 radical (unpaired) electrons. The van der Waals surface area contributed by atoms with Crippen molar-refractivity contribution in [1.29, 1.82) is 0 Å². The molecule has 2 heterocycles. The molecule has 120 valence electrons. The van der Waals surface area contributed by atoms with E-state index in [4.69, 9.17) is 9.97 Å². The summed E-state index contributed by atoms with van der Waals surface area (Å²) < 4.78 is 0. The van der Waals surface area contributed by atoms with Gasteiger partial charge in [0.2, 0.25) is 0 Å². The second-order valence-corrected chi connectivity index (χ2v) is 7.19. The molecule has 0 saturated carbocycles. The number of anilines is 1. The Labute approximate surface area is 146 Å². The van der Waals surface area contributed by atoms with Crippen LogP contribution in [0.2, 0.25) is 0 Å². The zero-order valence-electron chi connectivity index (χ0n) is 13.9. The summed E-state index contributed by atoms with van der Waals surface area (Å²) >= 11 is 1.90. The van der Waals surface area contributed by atoms with E-state index in [0.717, 1.165) is 35.1 Å². The van der Waals surface area contributed by atoms with Gasteiger partial charge >= 0.3 is 0 Å². The van der Waals surface area contributed by atoms with Crippen LogP contribution in [0, 0.1) is 0 Å². The van der Waals surface area contributed by atoms with Crippen LogP contribution in [-0.4, -0.2) is 29.8 Å². The number of hydrogen-bond donors (Lipinski definition) is 0. The highest BCUT2D eigenvalue weighted by Gasteiger charge is 2.22. The Morgan fingerprint density at radius 1 is 0.917 bits per heavy atom. The zero-order valence-corrected chi connectivity index (χ0v) is 14.7. The van der Waals surface area contributed by atoms with Gasteiger partial charge in [0.1, 0.15) is 5.82 Å². The number of hydrogen-bond acceptors (Lipinski definition) is 4. The summed E-state index contributed by atoms with van der Waals surface area (Å²) in [5, 5.41) is 0. The first-order valence-electron chi connectivity index (χ1n) is 8.10. The van der Waals surface area contributed by atoms with E-state index in [1.54, 1.807) is 0 Å². The molecule has 3 aromatic rings. The lowest BCUT2D eigenvalue weighted by Crippen LogP contribution is -2.16. The number of rotatable bonds is 2. The van der Waals surface area contributed by atoms with Crippen molar-refractivity contribution in [3.05, 3.63) is 60.2 Å². The summed E-state index contributed by atoms with van der Waals surface area (Å²) in [6.07, 6.45) is 0.983. The van der Waals surface area contributed by atoms with Crippen molar-refractivity contribution in [3.8, 4) is 22.6 Å². The lowest BCUT2D eigenvalue weighted by Gasteiger charge is -2.19. The van der Waals surface area contributed by atoms with Crippen LogP contribution < -0.4 is 4.90 Å². The van der Waals surface area contributed by atoms with Gasteiger partial charge in [0.25, 0.3) is 0 Å². The Balaban J connectivity index is 2.00. The standard InChI is InChI=1S/C20H19N3S/c1-23(2)20-16-12-13-24-17-11-7-6-10-15(17)18(16)21-19(22-20)14-8-4-3-5-9-14/h3-11H,12-13H2,1-2H3. The van der Waals surface area contributed by atoms with Crippen molar-refractivity contribution in [2.24, 2.45) is 0 Å². The maximum atomic E-state index is 4.98. The predicted octanol–water partition coefficient (Wildman–Crippen LogP) is 4.52. The summed E-state index contributed by atoms with van der Waals surface area (Å²) in [6, 6.07) is 18.8. The van der Waals surface area contributed by atoms with Gasteiger partial charge in [-0.1, -0.05) is 48.5 Å². The lowest BCUT2D eigenvalue weighted by molar-refractivity contribution is 0.990. The Hall–Kier alpha value is -2.33. The molecule has 4 heteroatoms. The van der Waals surface area contributed by atoms with Crippen LogP contribution in [0.1, 0.15) is 5.56 Å². The topological polar surface area (TPSA) is 29.0 Å². The zero-order chi connectivity index (χ0) is 16.5. The first-order valence-corrected chi connectivity index (χ1v) is 9.08. The van der Waals surface area contributed by atoms with Gasteiger partial charge in [0.05, 0.1) is 5.69 Å². The molecule has 24 heavy (non-hydrogen) atoms. The van der Waals surface area contributed by atoms with E-state index in [1.807, 2.05) is 30.0 Å². The van der Waals surface area contributed by atoms with Gasteiger partial charge in [0.15, 0.2) is 5.82 Å². The molecule has 4 rings (SSSR count). The van der Waals surface area contributed by atoms with Gasteiger partial charge < -0.3 is 4.90 Å². The molecule has 1 aliphatic rings. The van der Waals surface area contributed by atoms with Gasteiger partial charge in [-0.2, -0.15) is 0 Å². The normalized spacial score (nSPS) is 12.9. The average molecular weight is 333 g/mol. The highest BCUT2D eigenvalue weighted by Crippen LogP contribution is 2.40. The van der Waals surface area contributed by atoms with Crippen LogP contribution in [-0.2, 0) is 6.42 Å². The fourth-order valence-electron chi connectivity index (χ4n) is 3.06. The molecule has 3 nitrogen and oxygen atoms in total. The van der Waals surface area contributed by atoms with E-state index < -0.39 is 0 Å². The average Bonchev–Trinajstić information content (AvgIpc) is 2.81. The van der Waals surface area contributed by atoms with Gasteiger partial charge in [-0.25, -0.2) is 9.97 Å². The molecular weight excluding hydrogens is 314 g/mol. The Morgan fingerprint density at radius 3 is 2.46 bits per heavy atom. The van der Waals surface area contributed by atoms with Crippen molar-refractivity contribution >= 4 is 17.6 Å². The molecule has 0 bridgehead atoms. The van der Waals surface area contributed by atoms with Gasteiger partial charge in [-0.3, -0.25) is 0 Å². The minimum Gasteiger partial charge on any atom is -0.362 e. The third-order valence-electron chi connectivity index (χ3n) is 4.19. The molecule has 2 aromatic carbocycles. The van der Waals surface area contributed by atoms with Crippen LogP contribution in [0.4, 0.5) is 5.82 Å². The van der Waals surface area contributed by atoms with Gasteiger partial charge in [-0.05, 0) is 12.5 Å². The van der Waals surface area contributed by atoms with Gasteiger partial charge in [0, 0.05) is 41.4 Å². The Kier molecular flexibility index (Phi) is 3.98. The van der Waals surface area contributed by atoms with Crippen molar-refractivity contribution < 1.29 is 0 Å². The smallest absolute Gasteiger partial charge is 0.162 e. The largest absolute Gasteiger partial charge is 0.362 e. The van der Waals surface area contributed by atoms with Crippen LogP contribution in [0.15, 0.2) is 59.5 Å². The highest BCUT2D eigenvalue weighted by atomic mass is 32.2. The highest BCUT2D eigenvalue weighted by molar-refractivity contribution is 7.99. The van der Waals surface area contributed by atoms with Crippen LogP contribution >= 0.6 is 11.8 Å². The number of aromatic nitrogens is 2. The maximum Gasteiger partial charge on any atom is 0.162 e. The van der Waals surface area contributed by atoms with Crippen molar-refractivity contribution in [2.45, 2.75) is 11.3 Å². The minimum absolute atomic E-state index is 0.791. The Morgan fingerprint density at radius 2 is 1.67 bits per heavy atom. The van der Waals surface area contributed by atoms with E-state index in [0.29, 0.717) is 0 Å². The number of thioether (sulfide) groups is 1. The Bertz CT molecular complexity index is 875. The van der Waals surface area contributed by atoms with E-state index in [9.17, 15) is 0 Å². The first-order chi connectivity index (χ1) is 11.7. The second kappa shape index (κ2) is 6.29. The quantitative estimate of drug-likeness (QED) is 0.689.